The van der Waals surface area contributed by atoms with Gasteiger partial charge in [-0.2, -0.15) is 0 Å². The molecule has 1 aromatic carbocycles. The van der Waals surface area contributed by atoms with Crippen molar-refractivity contribution in [2.45, 2.75) is 12.2 Å². The van der Waals surface area contributed by atoms with Gasteiger partial charge in [-0.15, -0.1) is 0 Å². The fourth-order valence-corrected chi connectivity index (χ4v) is 2.59. The number of nitrogens with zero attached hydrogens (tertiary/aromatic N) is 1. The number of thioether (sulfide) groups is 1. The molecule has 18 heavy (non-hydrogen) atoms. The molecule has 1 saturated heterocycles. The molecule has 2 rings (SSSR count). The highest BCUT2D eigenvalue weighted by atomic mass is 32.2. The van der Waals surface area contributed by atoms with Crippen molar-refractivity contribution >= 4 is 24.3 Å². The van der Waals surface area contributed by atoms with E-state index in [0.717, 1.165) is 11.3 Å². The zero-order chi connectivity index (χ0) is 12.8. The maximum atomic E-state index is 11.8. The quantitative estimate of drug-likeness (QED) is 0.779. The monoisotopic (exact) mass is 267 g/mol. The number of carbonyl (C=O) groups excluding carboxylic acids is 2. The molecule has 1 atom stereocenters. The third-order valence-corrected chi connectivity index (χ3v) is 3.53. The first-order chi connectivity index (χ1) is 8.81. The third-order valence-electron chi connectivity index (χ3n) is 2.46. The molecule has 1 aliphatic rings. The van der Waals surface area contributed by atoms with E-state index in [-0.39, 0.29) is 6.61 Å². The summed E-state index contributed by atoms with van der Waals surface area (Å²) in [6.07, 6.45) is -0.462. The topological polar surface area (TPSA) is 55.8 Å². The molecule has 1 aliphatic heterocycles. The van der Waals surface area contributed by atoms with Crippen LogP contribution in [0.2, 0.25) is 0 Å². The van der Waals surface area contributed by atoms with Gasteiger partial charge in [0.15, 0.2) is 0 Å². The molecule has 0 aromatic heterocycles. The van der Waals surface area contributed by atoms with E-state index in [1.165, 1.54) is 16.7 Å². The average molecular weight is 267 g/mol. The van der Waals surface area contributed by atoms with E-state index >= 15 is 0 Å². The fraction of sp³-hybridized carbons (Fsp3) is 0.333. The second-order valence-corrected chi connectivity index (χ2v) is 4.79. The van der Waals surface area contributed by atoms with Gasteiger partial charge in [0.25, 0.3) is 6.47 Å². The van der Waals surface area contributed by atoms with Crippen LogP contribution in [0.3, 0.4) is 0 Å². The van der Waals surface area contributed by atoms with Crippen molar-refractivity contribution in [3.05, 3.63) is 35.9 Å². The Kier molecular flexibility index (Phi) is 4.46. The number of amides is 1. The minimum Gasteiger partial charge on any atom is -0.444 e. The Morgan fingerprint density at radius 2 is 2.22 bits per heavy atom. The highest BCUT2D eigenvalue weighted by Crippen LogP contribution is 2.24. The van der Waals surface area contributed by atoms with E-state index in [4.69, 9.17) is 9.47 Å². The Labute approximate surface area is 109 Å². The Bertz CT molecular complexity index is 412. The summed E-state index contributed by atoms with van der Waals surface area (Å²) in [6, 6.07) is 9.42. The van der Waals surface area contributed by atoms with Gasteiger partial charge >= 0.3 is 6.09 Å². The lowest BCUT2D eigenvalue weighted by atomic mass is 10.2. The summed E-state index contributed by atoms with van der Waals surface area (Å²) >= 11 is 1.40. The van der Waals surface area contributed by atoms with Gasteiger partial charge in [-0.1, -0.05) is 42.1 Å². The zero-order valence-corrected chi connectivity index (χ0v) is 10.5. The number of hydrogen-bond acceptors (Lipinski definition) is 5. The van der Waals surface area contributed by atoms with Crippen LogP contribution < -0.4 is 0 Å². The van der Waals surface area contributed by atoms with Gasteiger partial charge in [0, 0.05) is 12.3 Å². The van der Waals surface area contributed by atoms with Crippen molar-refractivity contribution in [1.29, 1.82) is 0 Å². The summed E-state index contributed by atoms with van der Waals surface area (Å²) in [5, 5.41) is 0. The van der Waals surface area contributed by atoms with Crippen LogP contribution in [0.25, 0.3) is 0 Å². The molecule has 0 radical (unpaired) electrons. The van der Waals surface area contributed by atoms with Crippen molar-refractivity contribution in [3.8, 4) is 0 Å². The zero-order valence-electron chi connectivity index (χ0n) is 9.65. The van der Waals surface area contributed by atoms with Crippen molar-refractivity contribution < 1.29 is 19.1 Å². The maximum Gasteiger partial charge on any atom is 0.413 e. The van der Waals surface area contributed by atoms with E-state index in [1.807, 2.05) is 30.3 Å². The molecule has 96 valence electrons. The minimum atomic E-state index is -0.564. The molecule has 1 heterocycles. The van der Waals surface area contributed by atoms with Gasteiger partial charge in [-0.3, -0.25) is 9.69 Å². The van der Waals surface area contributed by atoms with Crippen molar-refractivity contribution in [2.24, 2.45) is 0 Å². The molecule has 0 unspecified atom stereocenters. The predicted octanol–water partition coefficient (Wildman–Crippen LogP) is 1.83. The molecule has 1 aromatic rings. The summed E-state index contributed by atoms with van der Waals surface area (Å²) in [7, 11) is 0. The van der Waals surface area contributed by atoms with Crippen molar-refractivity contribution in [3.63, 3.8) is 0 Å². The van der Waals surface area contributed by atoms with Crippen LogP contribution in [0.15, 0.2) is 30.3 Å². The van der Waals surface area contributed by atoms with E-state index < -0.39 is 11.7 Å². The Morgan fingerprint density at radius 1 is 1.44 bits per heavy atom. The standard InChI is InChI=1S/C12H13NO4S/c14-9-17-12-13(6-7-18-12)11(15)16-8-10-4-2-1-3-5-10/h1-5,9,12H,6-8H2/t12-/m1/s1. The summed E-state index contributed by atoms with van der Waals surface area (Å²) in [5.74, 6) is 0.735. The second-order valence-electron chi connectivity index (χ2n) is 3.64. The van der Waals surface area contributed by atoms with E-state index in [2.05, 4.69) is 0 Å². The second kappa shape index (κ2) is 6.30. The van der Waals surface area contributed by atoms with Gasteiger partial charge in [-0.25, -0.2) is 4.79 Å². The third kappa shape index (κ3) is 3.16. The average Bonchev–Trinajstić information content (AvgIpc) is 2.86. The van der Waals surface area contributed by atoms with E-state index in [9.17, 15) is 9.59 Å². The predicted molar refractivity (Wildman–Crippen MR) is 66.7 cm³/mol. The van der Waals surface area contributed by atoms with Crippen molar-refractivity contribution in [2.75, 3.05) is 12.3 Å². The number of rotatable bonds is 4. The summed E-state index contributed by atoms with van der Waals surface area (Å²) in [4.78, 5) is 23.5. The number of ether oxygens (including phenoxy) is 2. The Hall–Kier alpha value is -1.69. The normalized spacial score (nSPS) is 18.4. The molecule has 6 heteroatoms. The van der Waals surface area contributed by atoms with E-state index in [1.54, 1.807) is 0 Å². The molecular formula is C12H13NO4S. The first-order valence-corrected chi connectivity index (χ1v) is 6.54. The number of carbonyl (C=O) groups is 2. The molecule has 0 aliphatic carbocycles. The fourth-order valence-electron chi connectivity index (χ4n) is 1.59. The first-order valence-electron chi connectivity index (χ1n) is 5.49. The van der Waals surface area contributed by atoms with Crippen LogP contribution in [0.5, 0.6) is 0 Å². The lowest BCUT2D eigenvalue weighted by Gasteiger charge is -2.21. The largest absolute Gasteiger partial charge is 0.444 e. The Morgan fingerprint density at radius 3 is 2.94 bits per heavy atom. The highest BCUT2D eigenvalue weighted by molar-refractivity contribution is 8.00. The molecular weight excluding hydrogens is 254 g/mol. The lowest BCUT2D eigenvalue weighted by Crippen LogP contribution is -2.36. The minimum absolute atomic E-state index is 0.217. The van der Waals surface area contributed by atoms with Gasteiger partial charge in [-0.05, 0) is 5.56 Å². The summed E-state index contributed by atoms with van der Waals surface area (Å²) in [5.41, 5.74) is 0.358. The molecule has 1 amide bonds. The first kappa shape index (κ1) is 12.8. The van der Waals surface area contributed by atoms with Crippen LogP contribution in [-0.2, 0) is 20.9 Å². The molecule has 0 saturated carbocycles. The molecule has 5 nitrogen and oxygen atoms in total. The summed E-state index contributed by atoms with van der Waals surface area (Å²) in [6.45, 7) is 1.09. The number of benzene rings is 1. The van der Waals surface area contributed by atoms with Crippen molar-refractivity contribution in [1.82, 2.24) is 4.90 Å². The SMILES string of the molecule is O=CO[C@@H]1SCCN1C(=O)OCc1ccccc1. The van der Waals surface area contributed by atoms with Gasteiger partial charge in [0.1, 0.15) is 6.61 Å². The Balaban J connectivity index is 1.86. The van der Waals surface area contributed by atoms with Gasteiger partial charge in [0.2, 0.25) is 5.56 Å². The van der Waals surface area contributed by atoms with Crippen LogP contribution in [0, 0.1) is 0 Å². The molecule has 1 fully saturated rings. The molecule has 0 N–H and O–H groups in total. The van der Waals surface area contributed by atoms with Gasteiger partial charge in [0.05, 0.1) is 0 Å². The van der Waals surface area contributed by atoms with Crippen LogP contribution in [-0.4, -0.2) is 35.3 Å². The summed E-state index contributed by atoms with van der Waals surface area (Å²) < 4.78 is 9.96. The van der Waals surface area contributed by atoms with Crippen LogP contribution >= 0.6 is 11.8 Å². The lowest BCUT2D eigenvalue weighted by molar-refractivity contribution is -0.134. The van der Waals surface area contributed by atoms with Crippen LogP contribution in [0.1, 0.15) is 5.56 Å². The highest BCUT2D eigenvalue weighted by Gasteiger charge is 2.31. The molecule has 0 bridgehead atoms. The molecule has 0 spiro atoms. The van der Waals surface area contributed by atoms with Crippen LogP contribution in [0.4, 0.5) is 4.79 Å². The smallest absolute Gasteiger partial charge is 0.413 e. The van der Waals surface area contributed by atoms with Gasteiger partial charge < -0.3 is 9.47 Å². The maximum absolute atomic E-state index is 11.8. The van der Waals surface area contributed by atoms with E-state index in [0.29, 0.717) is 13.0 Å². The number of hydrogen-bond donors (Lipinski definition) is 0.